The number of hydrazone groups is 1. The Morgan fingerprint density at radius 1 is 0.974 bits per heavy atom. The number of rotatable bonds is 7. The van der Waals surface area contributed by atoms with Gasteiger partial charge in [-0.05, 0) is 55.3 Å². The van der Waals surface area contributed by atoms with Crippen LogP contribution in [0.4, 0.5) is 14.5 Å². The Labute approximate surface area is 221 Å². The van der Waals surface area contributed by atoms with Crippen LogP contribution in [0.1, 0.15) is 37.3 Å². The second-order valence-corrected chi connectivity index (χ2v) is 9.84. The van der Waals surface area contributed by atoms with Crippen molar-refractivity contribution in [1.29, 1.82) is 0 Å². The quantitative estimate of drug-likeness (QED) is 0.447. The molecule has 0 saturated carbocycles. The zero-order valence-corrected chi connectivity index (χ0v) is 21.3. The molecule has 5 rings (SSSR count). The van der Waals surface area contributed by atoms with Crippen LogP contribution in [0.2, 0.25) is 0 Å². The van der Waals surface area contributed by atoms with E-state index in [-0.39, 0.29) is 23.8 Å². The molecule has 196 valence electrons. The molecule has 1 saturated heterocycles. The first-order valence-electron chi connectivity index (χ1n) is 12.8. The van der Waals surface area contributed by atoms with Crippen molar-refractivity contribution in [2.24, 2.45) is 5.10 Å². The minimum atomic E-state index is -0.836. The number of benzene rings is 3. The molecule has 3 aromatic rings. The SMILES string of the molecule is CC(=O)N1N=C(c2cc(F)ccc2F)C[C@]1(CCCN1CCN(c2ccccc2)C(=O)C1)c1ccccc1. The molecule has 2 amide bonds. The van der Waals surface area contributed by atoms with Crippen molar-refractivity contribution in [2.45, 2.75) is 31.7 Å². The van der Waals surface area contributed by atoms with Gasteiger partial charge in [0.25, 0.3) is 0 Å². The van der Waals surface area contributed by atoms with E-state index in [4.69, 9.17) is 0 Å². The Morgan fingerprint density at radius 3 is 2.37 bits per heavy atom. The second-order valence-electron chi connectivity index (χ2n) is 9.84. The van der Waals surface area contributed by atoms with Gasteiger partial charge in [0.05, 0.1) is 17.8 Å². The first-order valence-corrected chi connectivity index (χ1v) is 12.8. The Bertz CT molecular complexity index is 1350. The lowest BCUT2D eigenvalue weighted by molar-refractivity contribution is -0.135. The number of nitrogens with zero attached hydrogens (tertiary/aromatic N) is 4. The summed E-state index contributed by atoms with van der Waals surface area (Å²) >= 11 is 0. The van der Waals surface area contributed by atoms with Crippen LogP contribution in [-0.2, 0) is 15.1 Å². The maximum atomic E-state index is 14.7. The molecule has 1 atom stereocenters. The molecule has 0 bridgehead atoms. The van der Waals surface area contributed by atoms with Gasteiger partial charge in [0.1, 0.15) is 11.6 Å². The minimum Gasteiger partial charge on any atom is -0.310 e. The van der Waals surface area contributed by atoms with Gasteiger partial charge in [-0.1, -0.05) is 48.5 Å². The van der Waals surface area contributed by atoms with Crippen LogP contribution in [0, 0.1) is 11.6 Å². The maximum absolute atomic E-state index is 14.7. The smallest absolute Gasteiger partial charge is 0.241 e. The number of anilines is 1. The lowest BCUT2D eigenvalue weighted by Crippen LogP contribution is -2.51. The first kappa shape index (κ1) is 25.7. The molecule has 0 aromatic heterocycles. The molecular formula is C30H30F2N4O2. The second kappa shape index (κ2) is 10.8. The summed E-state index contributed by atoms with van der Waals surface area (Å²) in [4.78, 5) is 29.6. The third-order valence-electron chi connectivity index (χ3n) is 7.37. The number of halogens is 2. The largest absolute Gasteiger partial charge is 0.310 e. The zero-order chi connectivity index (χ0) is 26.7. The van der Waals surface area contributed by atoms with E-state index < -0.39 is 17.2 Å². The van der Waals surface area contributed by atoms with Crippen molar-refractivity contribution in [3.63, 3.8) is 0 Å². The van der Waals surface area contributed by atoms with Gasteiger partial charge < -0.3 is 4.90 Å². The number of carbonyl (C=O) groups is 2. The summed E-state index contributed by atoms with van der Waals surface area (Å²) in [5, 5.41) is 5.96. The molecule has 0 spiro atoms. The molecular weight excluding hydrogens is 486 g/mol. The van der Waals surface area contributed by atoms with Gasteiger partial charge in [-0.15, -0.1) is 0 Å². The standard InChI is InChI=1S/C30H30F2N4O2/c1-22(37)36-30(23-9-4-2-5-10-23,20-28(33-36)26-19-24(31)13-14-27(26)32)15-8-16-34-17-18-35(29(38)21-34)25-11-6-3-7-12-25/h2-7,9-14,19H,8,15-18,20-21H2,1H3/t30-/m1/s1. The van der Waals surface area contributed by atoms with Crippen LogP contribution >= 0.6 is 0 Å². The average Bonchev–Trinajstić information content (AvgIpc) is 3.32. The van der Waals surface area contributed by atoms with Gasteiger partial charge in [-0.25, -0.2) is 13.8 Å². The lowest BCUT2D eigenvalue weighted by atomic mass is 9.80. The summed E-state index contributed by atoms with van der Waals surface area (Å²) in [6.45, 7) is 3.77. The van der Waals surface area contributed by atoms with Gasteiger partial charge in [-0.2, -0.15) is 5.10 Å². The fourth-order valence-electron chi connectivity index (χ4n) is 5.54. The molecule has 2 aliphatic heterocycles. The Kier molecular flexibility index (Phi) is 7.33. The third-order valence-corrected chi connectivity index (χ3v) is 7.37. The van der Waals surface area contributed by atoms with Crippen LogP contribution in [0.5, 0.6) is 0 Å². The highest BCUT2D eigenvalue weighted by atomic mass is 19.1. The van der Waals surface area contributed by atoms with E-state index in [1.165, 1.54) is 11.9 Å². The summed E-state index contributed by atoms with van der Waals surface area (Å²) in [6, 6.07) is 22.5. The topological polar surface area (TPSA) is 56.2 Å². The average molecular weight is 517 g/mol. The van der Waals surface area contributed by atoms with Gasteiger partial charge in [0.15, 0.2) is 0 Å². The molecule has 0 radical (unpaired) electrons. The van der Waals surface area contributed by atoms with Crippen molar-refractivity contribution in [2.75, 3.05) is 31.1 Å². The van der Waals surface area contributed by atoms with Crippen molar-refractivity contribution >= 4 is 23.2 Å². The number of piperazine rings is 1. The van der Waals surface area contributed by atoms with E-state index in [9.17, 15) is 18.4 Å². The van der Waals surface area contributed by atoms with Crippen LogP contribution < -0.4 is 4.90 Å². The molecule has 0 aliphatic carbocycles. The fourth-order valence-corrected chi connectivity index (χ4v) is 5.54. The summed E-state index contributed by atoms with van der Waals surface area (Å²) in [6.07, 6.45) is 1.50. The molecule has 2 heterocycles. The first-order chi connectivity index (χ1) is 18.4. The molecule has 1 fully saturated rings. The van der Waals surface area contributed by atoms with Gasteiger partial charge in [0.2, 0.25) is 11.8 Å². The predicted molar refractivity (Wildman–Crippen MR) is 143 cm³/mol. The van der Waals surface area contributed by atoms with Crippen LogP contribution in [0.3, 0.4) is 0 Å². The Morgan fingerprint density at radius 2 is 1.68 bits per heavy atom. The summed E-state index contributed by atoms with van der Waals surface area (Å²) in [5.41, 5.74) is 1.36. The fraction of sp³-hybridized carbons (Fsp3) is 0.300. The van der Waals surface area contributed by atoms with E-state index in [0.717, 1.165) is 36.0 Å². The Hall–Kier alpha value is -3.91. The van der Waals surface area contributed by atoms with Crippen molar-refractivity contribution < 1.29 is 18.4 Å². The minimum absolute atomic E-state index is 0.0543. The molecule has 0 unspecified atom stereocenters. The highest BCUT2D eigenvalue weighted by molar-refractivity contribution is 6.04. The lowest BCUT2D eigenvalue weighted by Gasteiger charge is -2.38. The number of carbonyl (C=O) groups excluding carboxylic acids is 2. The van der Waals surface area contributed by atoms with Crippen molar-refractivity contribution in [1.82, 2.24) is 9.91 Å². The normalized spacial score (nSPS) is 20.1. The number of hydrogen-bond acceptors (Lipinski definition) is 4. The third kappa shape index (κ3) is 5.09. The molecule has 8 heteroatoms. The van der Waals surface area contributed by atoms with Crippen molar-refractivity contribution in [3.8, 4) is 0 Å². The van der Waals surface area contributed by atoms with Gasteiger partial charge in [0, 0.05) is 37.7 Å². The van der Waals surface area contributed by atoms with E-state index in [1.807, 2.05) is 65.6 Å². The molecule has 2 aliphatic rings. The van der Waals surface area contributed by atoms with Crippen LogP contribution in [0.25, 0.3) is 0 Å². The van der Waals surface area contributed by atoms with Gasteiger partial charge in [-0.3, -0.25) is 14.5 Å². The molecule has 38 heavy (non-hydrogen) atoms. The zero-order valence-electron chi connectivity index (χ0n) is 21.3. The monoisotopic (exact) mass is 516 g/mol. The van der Waals surface area contributed by atoms with E-state index >= 15 is 0 Å². The molecule has 0 N–H and O–H groups in total. The van der Waals surface area contributed by atoms with E-state index in [0.29, 0.717) is 38.2 Å². The molecule has 3 aromatic carbocycles. The highest BCUT2D eigenvalue weighted by Gasteiger charge is 2.46. The van der Waals surface area contributed by atoms with Crippen LogP contribution in [0.15, 0.2) is 84.0 Å². The van der Waals surface area contributed by atoms with E-state index in [2.05, 4.69) is 10.0 Å². The summed E-state index contributed by atoms with van der Waals surface area (Å²) < 4.78 is 28.7. The van der Waals surface area contributed by atoms with Gasteiger partial charge >= 0.3 is 0 Å². The number of hydrogen-bond donors (Lipinski definition) is 0. The highest BCUT2D eigenvalue weighted by Crippen LogP contribution is 2.43. The number of amides is 2. The number of para-hydroxylation sites is 1. The van der Waals surface area contributed by atoms with E-state index in [1.54, 1.807) is 0 Å². The van der Waals surface area contributed by atoms with Crippen molar-refractivity contribution in [3.05, 3.63) is 102 Å². The predicted octanol–water partition coefficient (Wildman–Crippen LogP) is 4.95. The Balaban J connectivity index is 1.34. The summed E-state index contributed by atoms with van der Waals surface area (Å²) in [5.74, 6) is -1.35. The molecule has 6 nitrogen and oxygen atoms in total. The van der Waals surface area contributed by atoms with Crippen LogP contribution in [-0.4, -0.2) is 53.6 Å². The maximum Gasteiger partial charge on any atom is 0.241 e. The summed E-state index contributed by atoms with van der Waals surface area (Å²) in [7, 11) is 0.